The lowest BCUT2D eigenvalue weighted by Gasteiger charge is -2.40. The number of aliphatic carboxylic acids is 1. The molecular weight excluding hydrogens is 244 g/mol. The first-order valence-electron chi connectivity index (χ1n) is 6.41. The van der Waals surface area contributed by atoms with Crippen molar-refractivity contribution in [2.75, 3.05) is 38.7 Å². The summed E-state index contributed by atoms with van der Waals surface area (Å²) in [4.78, 5) is 15.2. The van der Waals surface area contributed by atoms with Gasteiger partial charge >= 0.3 is 5.97 Å². The summed E-state index contributed by atoms with van der Waals surface area (Å²) >= 11 is 0. The molecule has 0 amide bonds. The number of methoxy groups -OCH3 is 1. The predicted molar refractivity (Wildman–Crippen MR) is 73.9 cm³/mol. The van der Waals surface area contributed by atoms with Crippen molar-refractivity contribution in [3.05, 3.63) is 24.3 Å². The van der Waals surface area contributed by atoms with Gasteiger partial charge < -0.3 is 14.7 Å². The summed E-state index contributed by atoms with van der Waals surface area (Å²) in [7, 11) is 3.63. The number of carboxylic acids is 1. The Labute approximate surface area is 113 Å². The van der Waals surface area contributed by atoms with E-state index in [1.807, 2.05) is 31.3 Å². The molecule has 1 N–H and O–H groups in total. The van der Waals surface area contributed by atoms with Crippen LogP contribution in [0.25, 0.3) is 0 Å². The lowest BCUT2D eigenvalue weighted by atomic mass is 10.1. The quantitative estimate of drug-likeness (QED) is 0.888. The molecule has 0 bridgehead atoms. The molecule has 1 unspecified atom stereocenters. The van der Waals surface area contributed by atoms with Crippen molar-refractivity contribution >= 4 is 11.7 Å². The first-order chi connectivity index (χ1) is 9.10. The molecule has 0 aliphatic carbocycles. The second kappa shape index (κ2) is 5.93. The number of anilines is 1. The average molecular weight is 264 g/mol. The third kappa shape index (κ3) is 3.38. The first-order valence-corrected chi connectivity index (χ1v) is 6.41. The van der Waals surface area contributed by atoms with Crippen LogP contribution in [0.15, 0.2) is 24.3 Å². The van der Waals surface area contributed by atoms with Gasteiger partial charge in [0.2, 0.25) is 0 Å². The molecule has 1 aromatic rings. The summed E-state index contributed by atoms with van der Waals surface area (Å²) in [6, 6.07) is 7.94. The van der Waals surface area contributed by atoms with Gasteiger partial charge in [-0.1, -0.05) is 6.07 Å². The van der Waals surface area contributed by atoms with Crippen LogP contribution >= 0.6 is 0 Å². The number of hydrogen-bond donors (Lipinski definition) is 1. The van der Waals surface area contributed by atoms with E-state index in [9.17, 15) is 4.79 Å². The van der Waals surface area contributed by atoms with Crippen LogP contribution in [-0.4, -0.2) is 55.8 Å². The monoisotopic (exact) mass is 264 g/mol. The highest BCUT2D eigenvalue weighted by Gasteiger charge is 2.26. The van der Waals surface area contributed by atoms with Crippen LogP contribution in [0.4, 0.5) is 5.69 Å². The van der Waals surface area contributed by atoms with E-state index in [0.29, 0.717) is 0 Å². The highest BCUT2D eigenvalue weighted by atomic mass is 16.5. The normalized spacial score (nSPS) is 20.3. The topological polar surface area (TPSA) is 53.0 Å². The van der Waals surface area contributed by atoms with E-state index in [2.05, 4.69) is 9.80 Å². The minimum atomic E-state index is -0.746. The van der Waals surface area contributed by atoms with Gasteiger partial charge in [0.25, 0.3) is 0 Å². The molecule has 0 spiro atoms. The molecule has 0 aromatic heterocycles. The molecule has 1 aliphatic heterocycles. The van der Waals surface area contributed by atoms with Crippen molar-refractivity contribution in [2.24, 2.45) is 0 Å². The molecule has 1 aromatic carbocycles. The Balaban J connectivity index is 2.10. The maximum atomic E-state index is 10.9. The first kappa shape index (κ1) is 13.7. The lowest BCUT2D eigenvalue weighted by molar-refractivity contribution is -0.138. The molecule has 5 nitrogen and oxygen atoms in total. The van der Waals surface area contributed by atoms with E-state index in [0.717, 1.165) is 31.1 Å². The van der Waals surface area contributed by atoms with Gasteiger partial charge in [0, 0.05) is 37.4 Å². The third-order valence-electron chi connectivity index (χ3n) is 3.61. The summed E-state index contributed by atoms with van der Waals surface area (Å²) < 4.78 is 5.23. The summed E-state index contributed by atoms with van der Waals surface area (Å²) in [6.07, 6.45) is 0.178. The van der Waals surface area contributed by atoms with Gasteiger partial charge in [-0.2, -0.15) is 0 Å². The molecule has 104 valence electrons. The standard InChI is InChI=1S/C14H20N2O3/c1-15-6-7-16(10-12(15)9-14(17)18)11-4-3-5-13(8-11)19-2/h3-5,8,12H,6-7,9-10H2,1-2H3,(H,17,18). The van der Waals surface area contributed by atoms with E-state index >= 15 is 0 Å². The second-order valence-electron chi connectivity index (χ2n) is 4.88. The van der Waals surface area contributed by atoms with Crippen LogP contribution < -0.4 is 9.64 Å². The summed E-state index contributed by atoms with van der Waals surface area (Å²) in [5.74, 6) is 0.0792. The maximum Gasteiger partial charge on any atom is 0.305 e. The van der Waals surface area contributed by atoms with E-state index in [-0.39, 0.29) is 12.5 Å². The number of ether oxygens (including phenoxy) is 1. The number of hydrogen-bond acceptors (Lipinski definition) is 4. The van der Waals surface area contributed by atoms with Crippen LogP contribution in [0.5, 0.6) is 5.75 Å². The molecular formula is C14H20N2O3. The molecule has 5 heteroatoms. The minimum absolute atomic E-state index is 0.0532. The SMILES string of the molecule is COc1cccc(N2CCN(C)C(CC(=O)O)C2)c1. The molecule has 1 heterocycles. The number of nitrogens with zero attached hydrogens (tertiary/aromatic N) is 2. The molecule has 19 heavy (non-hydrogen) atoms. The van der Waals surface area contributed by atoms with Gasteiger partial charge in [-0.25, -0.2) is 0 Å². The Kier molecular flexibility index (Phi) is 4.27. The Morgan fingerprint density at radius 1 is 1.47 bits per heavy atom. The number of carboxylic acid groups (broad SMARTS) is 1. The number of carbonyl (C=O) groups is 1. The van der Waals surface area contributed by atoms with Crippen molar-refractivity contribution < 1.29 is 14.6 Å². The zero-order valence-electron chi connectivity index (χ0n) is 11.4. The molecule has 2 rings (SSSR count). The van der Waals surface area contributed by atoms with Gasteiger partial charge in [0.1, 0.15) is 5.75 Å². The number of piperazine rings is 1. The Morgan fingerprint density at radius 2 is 2.26 bits per heavy atom. The zero-order valence-corrected chi connectivity index (χ0v) is 11.4. The van der Waals surface area contributed by atoms with Crippen molar-refractivity contribution in [3.63, 3.8) is 0 Å². The number of rotatable bonds is 4. The fourth-order valence-electron chi connectivity index (χ4n) is 2.41. The van der Waals surface area contributed by atoms with Gasteiger partial charge in [0.05, 0.1) is 13.5 Å². The average Bonchev–Trinajstić information content (AvgIpc) is 2.41. The smallest absolute Gasteiger partial charge is 0.305 e. The maximum absolute atomic E-state index is 10.9. The van der Waals surface area contributed by atoms with Crippen LogP contribution in [-0.2, 0) is 4.79 Å². The van der Waals surface area contributed by atoms with Gasteiger partial charge in [0.15, 0.2) is 0 Å². The largest absolute Gasteiger partial charge is 0.497 e. The van der Waals surface area contributed by atoms with Crippen molar-refractivity contribution in [3.8, 4) is 5.75 Å². The molecule has 1 aliphatic rings. The van der Waals surface area contributed by atoms with Crippen LogP contribution in [0.1, 0.15) is 6.42 Å². The van der Waals surface area contributed by atoms with Gasteiger partial charge in [-0.15, -0.1) is 0 Å². The Hall–Kier alpha value is -1.75. The summed E-state index contributed by atoms with van der Waals surface area (Å²) in [5.41, 5.74) is 1.09. The third-order valence-corrected chi connectivity index (χ3v) is 3.61. The summed E-state index contributed by atoms with van der Waals surface area (Å²) in [6.45, 7) is 2.50. The highest BCUT2D eigenvalue weighted by molar-refractivity contribution is 5.67. The summed E-state index contributed by atoms with van der Waals surface area (Å²) in [5, 5.41) is 8.96. The van der Waals surface area contributed by atoms with Crippen LogP contribution in [0.2, 0.25) is 0 Å². The number of likely N-dealkylation sites (N-methyl/N-ethyl adjacent to an activating group) is 1. The molecule has 0 saturated carbocycles. The van der Waals surface area contributed by atoms with Gasteiger partial charge in [-0.05, 0) is 19.2 Å². The van der Waals surface area contributed by atoms with E-state index in [1.165, 1.54) is 0 Å². The van der Waals surface area contributed by atoms with Crippen LogP contribution in [0, 0.1) is 0 Å². The fourth-order valence-corrected chi connectivity index (χ4v) is 2.41. The minimum Gasteiger partial charge on any atom is -0.497 e. The zero-order chi connectivity index (χ0) is 13.8. The Morgan fingerprint density at radius 3 is 2.95 bits per heavy atom. The lowest BCUT2D eigenvalue weighted by Crippen LogP contribution is -2.52. The Bertz CT molecular complexity index is 450. The highest BCUT2D eigenvalue weighted by Crippen LogP contribution is 2.23. The van der Waals surface area contributed by atoms with Crippen LogP contribution in [0.3, 0.4) is 0 Å². The van der Waals surface area contributed by atoms with Gasteiger partial charge in [-0.3, -0.25) is 9.69 Å². The van der Waals surface area contributed by atoms with Crippen molar-refractivity contribution in [1.29, 1.82) is 0 Å². The van der Waals surface area contributed by atoms with Crippen molar-refractivity contribution in [2.45, 2.75) is 12.5 Å². The van der Waals surface area contributed by atoms with E-state index < -0.39 is 5.97 Å². The van der Waals surface area contributed by atoms with Crippen molar-refractivity contribution in [1.82, 2.24) is 4.90 Å². The second-order valence-corrected chi connectivity index (χ2v) is 4.88. The fraction of sp³-hybridized carbons (Fsp3) is 0.500. The molecule has 1 fully saturated rings. The predicted octanol–water partition coefficient (Wildman–Crippen LogP) is 1.29. The van der Waals surface area contributed by atoms with E-state index in [4.69, 9.17) is 9.84 Å². The molecule has 1 saturated heterocycles. The molecule has 0 radical (unpaired) electrons. The molecule has 1 atom stereocenters. The van der Waals surface area contributed by atoms with E-state index in [1.54, 1.807) is 7.11 Å². The number of benzene rings is 1.